The van der Waals surface area contributed by atoms with E-state index in [1.54, 1.807) is 0 Å². The van der Waals surface area contributed by atoms with Crippen LogP contribution in [0, 0.1) is 64.1 Å². The molecule has 0 saturated heterocycles. The zero-order chi connectivity index (χ0) is 23.4. The van der Waals surface area contributed by atoms with E-state index < -0.39 is 0 Å². The molecular weight excluding hydrogens is 388 g/mol. The molecule has 0 saturated carbocycles. The van der Waals surface area contributed by atoms with E-state index in [1.807, 2.05) is 0 Å². The molecule has 0 N–H and O–H groups in total. The predicted molar refractivity (Wildman–Crippen MR) is 98.5 cm³/mol. The van der Waals surface area contributed by atoms with Gasteiger partial charge >= 0.3 is 17.1 Å². The molecule has 0 aromatic rings. The van der Waals surface area contributed by atoms with Gasteiger partial charge in [-0.1, -0.05) is 41.5 Å². The van der Waals surface area contributed by atoms with E-state index in [0.717, 1.165) is 0 Å². The van der Waals surface area contributed by atoms with Crippen molar-refractivity contribution < 1.29 is 17.1 Å². The van der Waals surface area contributed by atoms with Crippen molar-refractivity contribution in [3.8, 4) is 0 Å². The van der Waals surface area contributed by atoms with E-state index in [2.05, 4.69) is 51.3 Å². The molecule has 0 aliphatic carbocycles. The summed E-state index contributed by atoms with van der Waals surface area (Å²) in [5, 5.41) is 31.2. The molecule has 0 radical (unpaired) electrons. The molecule has 0 aliphatic heterocycles. The quantitative estimate of drug-likeness (QED) is 0.467. The average molecular weight is 418 g/mol. The summed E-state index contributed by atoms with van der Waals surface area (Å²) >= 11 is 0. The van der Waals surface area contributed by atoms with Crippen molar-refractivity contribution in [1.29, 1.82) is 26.3 Å². The summed E-state index contributed by atoms with van der Waals surface area (Å²) in [5.41, 5.74) is 5.75. The maximum absolute atomic E-state index is 7.25. The van der Waals surface area contributed by atoms with Crippen LogP contribution in [0.1, 0.15) is 41.5 Å². The van der Waals surface area contributed by atoms with Crippen molar-refractivity contribution in [2.24, 2.45) is 0 Å². The number of hydrogen-bond donors (Lipinski definition) is 0. The third-order valence-corrected chi connectivity index (χ3v) is 2.68. The third kappa shape index (κ3) is 120. The van der Waals surface area contributed by atoms with Crippen molar-refractivity contribution >= 4 is 0 Å². The second-order valence-electron chi connectivity index (χ2n) is 3.24. The van der Waals surface area contributed by atoms with Crippen LogP contribution in [0.25, 0.3) is 5.59 Å². The van der Waals surface area contributed by atoms with Crippen molar-refractivity contribution in [2.75, 3.05) is 39.3 Å². The molecule has 154 valence electrons. The van der Waals surface area contributed by atoms with Gasteiger partial charge in [0.2, 0.25) is 0 Å². The zero-order valence-corrected chi connectivity index (χ0v) is 18.2. The van der Waals surface area contributed by atoms with Gasteiger partial charge in [0.15, 0.2) is 0 Å². The Kier molecular flexibility index (Phi) is 275. The van der Waals surface area contributed by atoms with Crippen LogP contribution in [-0.2, 0) is 17.1 Å². The van der Waals surface area contributed by atoms with Gasteiger partial charge in [0, 0.05) is 0 Å². The molecule has 0 rings (SSSR count). The Bertz CT molecular complexity index is 214. The molecule has 9 nitrogen and oxygen atoms in total. The monoisotopic (exact) mass is 418 g/mol. The number of nitroso groups, excluding NO2 is 1. The van der Waals surface area contributed by atoms with Crippen molar-refractivity contribution in [3.05, 3.63) is 43.4 Å². The first-order valence-electron chi connectivity index (χ1n) is 7.44. The van der Waals surface area contributed by atoms with Gasteiger partial charge in [0.05, 0.1) is 0 Å². The van der Waals surface area contributed by atoms with Crippen LogP contribution in [0.5, 0.6) is 0 Å². The second kappa shape index (κ2) is 132. The van der Waals surface area contributed by atoms with Crippen LogP contribution in [-0.4, -0.2) is 49.1 Å². The van der Waals surface area contributed by atoms with E-state index in [4.69, 9.17) is 69.7 Å². The van der Waals surface area contributed by atoms with Gasteiger partial charge in [-0.05, 0) is 39.3 Å². The summed E-state index contributed by atoms with van der Waals surface area (Å²) in [4.78, 5) is 12.0. The largest absolute Gasteiger partial charge is 4.00 e. The van der Waals surface area contributed by atoms with Gasteiger partial charge in [-0.2, -0.15) is 0 Å². The zero-order valence-electron chi connectivity index (χ0n) is 17.1. The SMILES string of the molecule is CCN(CC)CC.CCN(CC)CC.[C-]#N.[C-]#N.[C-]#N.[C-]#N.[C-]#N.[Fe+4].[N-]=O. The van der Waals surface area contributed by atoms with E-state index in [-0.39, 0.29) is 17.1 Å². The van der Waals surface area contributed by atoms with Gasteiger partial charge in [0.1, 0.15) is 0 Å². The minimum absolute atomic E-state index is 0. The summed E-state index contributed by atoms with van der Waals surface area (Å²) in [6.07, 6.45) is 0. The number of hydrogen-bond acceptors (Lipinski definition) is 8. The maximum atomic E-state index is 7.25. The van der Waals surface area contributed by atoms with Crippen LogP contribution >= 0.6 is 0 Å². The molecule has 27 heavy (non-hydrogen) atoms. The van der Waals surface area contributed by atoms with Crippen molar-refractivity contribution in [3.63, 3.8) is 0 Å². The smallest absolute Gasteiger partial charge is 0.577 e. The van der Waals surface area contributed by atoms with Crippen LogP contribution in [0.15, 0.2) is 0 Å². The van der Waals surface area contributed by atoms with Crippen LogP contribution in [0.4, 0.5) is 0 Å². The molecule has 0 spiro atoms. The Labute approximate surface area is 177 Å². The van der Waals surface area contributed by atoms with Crippen molar-refractivity contribution in [2.45, 2.75) is 41.5 Å². The molecule has 0 heterocycles. The summed E-state index contributed by atoms with van der Waals surface area (Å²) < 4.78 is 0. The first-order chi connectivity index (χ1) is 12.7. The molecule has 0 aromatic carbocycles. The van der Waals surface area contributed by atoms with E-state index in [1.165, 1.54) is 39.3 Å². The summed E-state index contributed by atoms with van der Waals surface area (Å²) in [6.45, 7) is 44.0. The molecular formula is C17H30FeN8O-2. The van der Waals surface area contributed by atoms with Gasteiger partial charge in [-0.3, -0.25) is 0 Å². The fourth-order valence-corrected chi connectivity index (χ4v) is 1.34. The Hall–Kier alpha value is -2.51. The third-order valence-electron chi connectivity index (χ3n) is 2.68. The standard InChI is InChI=1S/2C6H15N.5CN.Fe.NO/c2*1-4-7(5-2)6-3;5*1-2;;1-2/h2*4-6H2,1-3H3;;;;;;;/q;;5*-1;+4;-1. The van der Waals surface area contributed by atoms with E-state index >= 15 is 0 Å². The van der Waals surface area contributed by atoms with E-state index in [0.29, 0.717) is 0 Å². The van der Waals surface area contributed by atoms with Gasteiger partial charge < -0.3 is 79.5 Å². The van der Waals surface area contributed by atoms with Crippen LogP contribution in [0.2, 0.25) is 0 Å². The Morgan fingerprint density at radius 3 is 0.556 bits per heavy atom. The molecule has 0 aromatic heterocycles. The van der Waals surface area contributed by atoms with Gasteiger partial charge in [-0.15, -0.1) is 0 Å². The Morgan fingerprint density at radius 2 is 0.556 bits per heavy atom. The molecule has 0 atom stereocenters. The molecule has 0 aliphatic rings. The van der Waals surface area contributed by atoms with Crippen molar-refractivity contribution in [1.82, 2.24) is 9.80 Å². The maximum Gasteiger partial charge on any atom is 4.00 e. The van der Waals surface area contributed by atoms with Gasteiger partial charge in [0.25, 0.3) is 0 Å². The van der Waals surface area contributed by atoms with Crippen LogP contribution in [0.3, 0.4) is 0 Å². The second-order valence-corrected chi connectivity index (χ2v) is 3.24. The first-order valence-corrected chi connectivity index (χ1v) is 7.44. The molecule has 0 unspecified atom stereocenters. The fraction of sp³-hybridized carbons (Fsp3) is 0.706. The Balaban J connectivity index is -0.0000000216. The summed E-state index contributed by atoms with van der Waals surface area (Å²) in [5.74, 6) is 0. The summed E-state index contributed by atoms with van der Waals surface area (Å²) in [7, 11) is 0. The minimum atomic E-state index is 0. The normalized spacial score (nSPS) is 5.85. The molecule has 0 amide bonds. The van der Waals surface area contributed by atoms with Crippen LogP contribution < -0.4 is 0 Å². The van der Waals surface area contributed by atoms with Gasteiger partial charge in [-0.25, -0.2) is 0 Å². The Morgan fingerprint density at radius 1 is 0.481 bits per heavy atom. The average Bonchev–Trinajstić information content (AvgIpc) is 2.79. The number of rotatable bonds is 6. The van der Waals surface area contributed by atoms with E-state index in [9.17, 15) is 0 Å². The molecule has 10 heteroatoms. The number of nitrogens with zero attached hydrogens (tertiary/aromatic N) is 8. The molecule has 0 bridgehead atoms. The first kappa shape index (κ1) is 56.3. The fourth-order valence-electron chi connectivity index (χ4n) is 1.34. The summed E-state index contributed by atoms with van der Waals surface area (Å²) in [6, 6.07) is 0. The molecule has 0 fully saturated rings. The predicted octanol–water partition coefficient (Wildman–Crippen LogP) is 3.50. The minimum Gasteiger partial charge on any atom is -0.577 e. The topological polar surface area (TPSA) is 165 Å².